The van der Waals surface area contributed by atoms with E-state index in [9.17, 15) is 4.79 Å². The van der Waals surface area contributed by atoms with Gasteiger partial charge >= 0.3 is 6.03 Å². The third kappa shape index (κ3) is 3.59. The number of anilines is 1. The van der Waals surface area contributed by atoms with Gasteiger partial charge in [0, 0.05) is 25.7 Å². The molecule has 2 amide bonds. The Labute approximate surface area is 120 Å². The van der Waals surface area contributed by atoms with Crippen LogP contribution in [0.5, 0.6) is 0 Å². The molecular weight excluding hydrogens is 250 g/mol. The van der Waals surface area contributed by atoms with Gasteiger partial charge in [-0.2, -0.15) is 4.99 Å². The zero-order valence-electron chi connectivity index (χ0n) is 12.6. The number of hydrogen-bond donors (Lipinski definition) is 1. The van der Waals surface area contributed by atoms with E-state index in [-0.39, 0.29) is 6.03 Å². The van der Waals surface area contributed by atoms with Crippen molar-refractivity contribution < 1.29 is 4.79 Å². The number of aryl methyl sites for hydroxylation is 2. The molecule has 0 saturated carbocycles. The maximum absolute atomic E-state index is 12.1. The lowest BCUT2D eigenvalue weighted by atomic mass is 10.1. The average molecular weight is 273 g/mol. The fourth-order valence-electron chi connectivity index (χ4n) is 2.53. The standard InChI is InChI=1S/C16H23N3O/c1-12-8-7-9-13(2)15(12)18-16(20)17-14-10-5-4-6-11-19(14)3/h7-9H,4-6,10-11H2,1-3H3,(H,18,20)/b17-14-. The lowest BCUT2D eigenvalue weighted by Crippen LogP contribution is -2.27. The molecule has 1 saturated heterocycles. The van der Waals surface area contributed by atoms with Crippen molar-refractivity contribution in [2.75, 3.05) is 18.9 Å². The SMILES string of the molecule is Cc1cccc(C)c1NC(=O)/N=C1/CCCCCN1C. The van der Waals surface area contributed by atoms with Gasteiger partial charge in [0.25, 0.3) is 0 Å². The number of amidine groups is 1. The summed E-state index contributed by atoms with van der Waals surface area (Å²) in [5.41, 5.74) is 3.00. The predicted molar refractivity (Wildman–Crippen MR) is 83.5 cm³/mol. The second-order valence-electron chi connectivity index (χ2n) is 5.46. The Bertz CT molecular complexity index is 502. The minimum atomic E-state index is -0.272. The van der Waals surface area contributed by atoms with Crippen molar-refractivity contribution in [2.45, 2.75) is 39.5 Å². The third-order valence-corrected chi connectivity index (χ3v) is 3.78. The summed E-state index contributed by atoms with van der Waals surface area (Å²) in [6, 6.07) is 5.71. The number of hydrogen-bond acceptors (Lipinski definition) is 1. The summed E-state index contributed by atoms with van der Waals surface area (Å²) in [5.74, 6) is 0.895. The number of aliphatic imine (C=N–C) groups is 1. The van der Waals surface area contributed by atoms with Gasteiger partial charge in [0.1, 0.15) is 5.84 Å². The minimum Gasteiger partial charge on any atom is -0.363 e. The van der Waals surface area contributed by atoms with Crippen LogP contribution in [0.3, 0.4) is 0 Å². The molecule has 0 aromatic heterocycles. The maximum Gasteiger partial charge on any atom is 0.347 e. The number of rotatable bonds is 1. The molecule has 4 heteroatoms. The normalized spacial score (nSPS) is 17.9. The molecule has 1 heterocycles. The Morgan fingerprint density at radius 2 is 1.90 bits per heavy atom. The van der Waals surface area contributed by atoms with Crippen LogP contribution in [0.4, 0.5) is 10.5 Å². The van der Waals surface area contributed by atoms with E-state index in [1.54, 1.807) is 0 Å². The molecule has 1 fully saturated rings. The van der Waals surface area contributed by atoms with Crippen molar-refractivity contribution in [2.24, 2.45) is 4.99 Å². The monoisotopic (exact) mass is 273 g/mol. The maximum atomic E-state index is 12.1. The molecule has 1 aromatic rings. The molecule has 1 aliphatic heterocycles. The Balaban J connectivity index is 2.12. The van der Waals surface area contributed by atoms with Crippen molar-refractivity contribution in [1.82, 2.24) is 4.90 Å². The molecular formula is C16H23N3O. The average Bonchev–Trinajstić information content (AvgIpc) is 2.60. The number of benzene rings is 1. The highest BCUT2D eigenvalue weighted by atomic mass is 16.2. The summed E-state index contributed by atoms with van der Waals surface area (Å²) >= 11 is 0. The van der Waals surface area contributed by atoms with Crippen molar-refractivity contribution in [1.29, 1.82) is 0 Å². The van der Waals surface area contributed by atoms with Gasteiger partial charge in [0.05, 0.1) is 0 Å². The minimum absolute atomic E-state index is 0.272. The molecule has 0 unspecified atom stereocenters. The van der Waals surface area contributed by atoms with Crippen molar-refractivity contribution in [3.05, 3.63) is 29.3 Å². The summed E-state index contributed by atoms with van der Waals surface area (Å²) in [6.07, 6.45) is 4.38. The van der Waals surface area contributed by atoms with Crippen molar-refractivity contribution in [3.63, 3.8) is 0 Å². The molecule has 4 nitrogen and oxygen atoms in total. The molecule has 0 bridgehead atoms. The molecule has 2 rings (SSSR count). The zero-order valence-corrected chi connectivity index (χ0v) is 12.6. The van der Waals surface area contributed by atoms with E-state index >= 15 is 0 Å². The zero-order chi connectivity index (χ0) is 14.5. The Kier molecular flexibility index (Phi) is 4.77. The number of nitrogens with zero attached hydrogens (tertiary/aromatic N) is 2. The van der Waals surface area contributed by atoms with Crippen LogP contribution in [0, 0.1) is 13.8 Å². The number of urea groups is 1. The van der Waals surface area contributed by atoms with Crippen molar-refractivity contribution >= 4 is 17.6 Å². The van der Waals surface area contributed by atoms with Gasteiger partial charge < -0.3 is 10.2 Å². The first-order valence-corrected chi connectivity index (χ1v) is 7.24. The lowest BCUT2D eigenvalue weighted by molar-refractivity contribution is 0.259. The summed E-state index contributed by atoms with van der Waals surface area (Å²) in [6.45, 7) is 4.97. The number of carbonyl (C=O) groups is 1. The highest BCUT2D eigenvalue weighted by Gasteiger charge is 2.13. The largest absolute Gasteiger partial charge is 0.363 e. The van der Waals surface area contributed by atoms with Crippen LogP contribution in [0.1, 0.15) is 36.8 Å². The third-order valence-electron chi connectivity index (χ3n) is 3.78. The number of likely N-dealkylation sites (tertiary alicyclic amines) is 1. The van der Waals surface area contributed by atoms with E-state index in [2.05, 4.69) is 15.2 Å². The summed E-state index contributed by atoms with van der Waals surface area (Å²) in [7, 11) is 2.01. The van der Waals surface area contributed by atoms with Crippen LogP contribution < -0.4 is 5.32 Å². The van der Waals surface area contributed by atoms with E-state index < -0.39 is 0 Å². The van der Waals surface area contributed by atoms with Crippen LogP contribution in [-0.4, -0.2) is 30.4 Å². The summed E-state index contributed by atoms with van der Waals surface area (Å²) in [4.78, 5) is 18.5. The predicted octanol–water partition coefficient (Wildman–Crippen LogP) is 3.74. The number of carbonyl (C=O) groups excluding carboxylic acids is 1. The fourth-order valence-corrected chi connectivity index (χ4v) is 2.53. The van der Waals surface area contributed by atoms with Gasteiger partial charge in [0.2, 0.25) is 0 Å². The van der Waals surface area contributed by atoms with Gasteiger partial charge in [-0.05, 0) is 37.8 Å². The second kappa shape index (κ2) is 6.55. The molecule has 20 heavy (non-hydrogen) atoms. The van der Waals surface area contributed by atoms with Crippen LogP contribution >= 0.6 is 0 Å². The molecule has 0 radical (unpaired) electrons. The van der Waals surface area contributed by atoms with E-state index in [1.807, 2.05) is 39.1 Å². The first-order valence-electron chi connectivity index (χ1n) is 7.24. The van der Waals surface area contributed by atoms with Gasteiger partial charge in [-0.15, -0.1) is 0 Å². The van der Waals surface area contributed by atoms with Gasteiger partial charge in [-0.1, -0.05) is 24.6 Å². The lowest BCUT2D eigenvalue weighted by Gasteiger charge is -2.18. The molecule has 0 spiro atoms. The molecule has 108 valence electrons. The molecule has 0 atom stereocenters. The molecule has 1 N–H and O–H groups in total. The highest BCUT2D eigenvalue weighted by Crippen LogP contribution is 2.20. The highest BCUT2D eigenvalue weighted by molar-refractivity contribution is 6.00. The summed E-state index contributed by atoms with van der Waals surface area (Å²) in [5, 5.41) is 2.91. The Morgan fingerprint density at radius 1 is 1.20 bits per heavy atom. The fraction of sp³-hybridized carbons (Fsp3) is 0.500. The van der Waals surface area contributed by atoms with Gasteiger partial charge in [0.15, 0.2) is 0 Å². The Morgan fingerprint density at radius 3 is 2.60 bits per heavy atom. The second-order valence-corrected chi connectivity index (χ2v) is 5.46. The van der Waals surface area contributed by atoms with Crippen LogP contribution in [-0.2, 0) is 0 Å². The van der Waals surface area contributed by atoms with E-state index in [4.69, 9.17) is 0 Å². The quantitative estimate of drug-likeness (QED) is 0.847. The van der Waals surface area contributed by atoms with E-state index in [1.165, 1.54) is 12.8 Å². The van der Waals surface area contributed by atoms with Gasteiger partial charge in [-0.25, -0.2) is 4.79 Å². The number of para-hydroxylation sites is 1. The Hall–Kier alpha value is -1.84. The first kappa shape index (κ1) is 14.6. The van der Waals surface area contributed by atoms with Crippen LogP contribution in [0.15, 0.2) is 23.2 Å². The molecule has 1 aromatic carbocycles. The van der Waals surface area contributed by atoms with Gasteiger partial charge in [-0.3, -0.25) is 0 Å². The van der Waals surface area contributed by atoms with E-state index in [0.717, 1.165) is 42.0 Å². The topological polar surface area (TPSA) is 44.7 Å². The molecule has 0 aliphatic carbocycles. The summed E-state index contributed by atoms with van der Waals surface area (Å²) < 4.78 is 0. The van der Waals surface area contributed by atoms with E-state index in [0.29, 0.717) is 0 Å². The first-order chi connectivity index (χ1) is 9.58. The van der Waals surface area contributed by atoms with Crippen LogP contribution in [0.2, 0.25) is 0 Å². The van der Waals surface area contributed by atoms with Crippen molar-refractivity contribution in [3.8, 4) is 0 Å². The van der Waals surface area contributed by atoms with Crippen LogP contribution in [0.25, 0.3) is 0 Å². The number of amides is 2. The smallest absolute Gasteiger partial charge is 0.347 e. The molecule has 1 aliphatic rings. The number of nitrogens with one attached hydrogen (secondary N) is 1.